The fraction of sp³-hybridized carbons (Fsp3) is 0.458. The first-order valence-corrected chi connectivity index (χ1v) is 10.9. The Morgan fingerprint density at radius 2 is 1.66 bits per heavy atom. The third-order valence-electron chi connectivity index (χ3n) is 6.54. The molecule has 2 aliphatic heterocycles. The molecule has 0 N–H and O–H groups in total. The molecule has 4 nitrogen and oxygen atoms in total. The highest BCUT2D eigenvalue weighted by Gasteiger charge is 2.28. The lowest BCUT2D eigenvalue weighted by molar-refractivity contribution is 0.161. The van der Waals surface area contributed by atoms with Gasteiger partial charge in [-0.3, -0.25) is 9.80 Å². The van der Waals surface area contributed by atoms with Gasteiger partial charge in [-0.15, -0.1) is 0 Å². The second-order valence-electron chi connectivity index (χ2n) is 8.57. The molecule has 0 bridgehead atoms. The number of rotatable bonds is 5. The molecule has 0 amide bonds. The predicted octanol–water partition coefficient (Wildman–Crippen LogP) is 4.28. The smallest absolute Gasteiger partial charge is 0.151 e. The van der Waals surface area contributed by atoms with Crippen LogP contribution in [0.1, 0.15) is 36.8 Å². The van der Waals surface area contributed by atoms with Crippen molar-refractivity contribution in [2.24, 2.45) is 0 Å². The summed E-state index contributed by atoms with van der Waals surface area (Å²) in [6, 6.07) is 14.7. The first kappa shape index (κ1) is 18.8. The van der Waals surface area contributed by atoms with E-state index in [9.17, 15) is 4.39 Å². The van der Waals surface area contributed by atoms with Crippen molar-refractivity contribution in [1.82, 2.24) is 19.4 Å². The van der Waals surface area contributed by atoms with Gasteiger partial charge in [0.1, 0.15) is 5.52 Å². The van der Waals surface area contributed by atoms with Crippen molar-refractivity contribution in [3.05, 3.63) is 65.7 Å². The van der Waals surface area contributed by atoms with Gasteiger partial charge >= 0.3 is 0 Å². The Morgan fingerprint density at radius 3 is 2.45 bits per heavy atom. The molecule has 2 aromatic carbocycles. The van der Waals surface area contributed by atoms with Crippen molar-refractivity contribution >= 4 is 11.0 Å². The van der Waals surface area contributed by atoms with Crippen LogP contribution in [-0.2, 0) is 13.1 Å². The monoisotopic (exact) mass is 392 g/mol. The normalized spacial score (nSPS) is 21.2. The van der Waals surface area contributed by atoms with Crippen molar-refractivity contribution in [3.63, 3.8) is 0 Å². The van der Waals surface area contributed by atoms with Gasteiger partial charge < -0.3 is 4.57 Å². The molecule has 152 valence electrons. The quantitative estimate of drug-likeness (QED) is 0.648. The summed E-state index contributed by atoms with van der Waals surface area (Å²) in [4.78, 5) is 9.53. The number of imidazole rings is 1. The van der Waals surface area contributed by atoms with Crippen LogP contribution in [0, 0.1) is 5.82 Å². The number of nitrogens with zero attached hydrogens (tertiary/aromatic N) is 4. The van der Waals surface area contributed by atoms with Gasteiger partial charge in [0.15, 0.2) is 5.82 Å². The Labute approximate surface area is 171 Å². The highest BCUT2D eigenvalue weighted by molar-refractivity contribution is 5.75. The topological polar surface area (TPSA) is 24.3 Å². The number of hydrogen-bond donors (Lipinski definition) is 0. The SMILES string of the molecule is Fc1cccc2c1ncn2Cc1ccc(CN2CCC(N3CCCCC3)C2)cc1. The van der Waals surface area contributed by atoms with Crippen molar-refractivity contribution in [1.29, 1.82) is 0 Å². The third-order valence-corrected chi connectivity index (χ3v) is 6.54. The third kappa shape index (κ3) is 4.07. The lowest BCUT2D eigenvalue weighted by Crippen LogP contribution is -2.40. The van der Waals surface area contributed by atoms with Gasteiger partial charge in [-0.25, -0.2) is 9.37 Å². The molecule has 0 saturated carbocycles. The molecule has 0 radical (unpaired) electrons. The molecule has 3 heterocycles. The van der Waals surface area contributed by atoms with E-state index in [-0.39, 0.29) is 5.82 Å². The minimum atomic E-state index is -0.259. The van der Waals surface area contributed by atoms with E-state index >= 15 is 0 Å². The Balaban J connectivity index is 1.20. The van der Waals surface area contributed by atoms with Gasteiger partial charge in [0.2, 0.25) is 0 Å². The van der Waals surface area contributed by atoms with Gasteiger partial charge in [-0.2, -0.15) is 0 Å². The lowest BCUT2D eigenvalue weighted by atomic mass is 10.1. The summed E-state index contributed by atoms with van der Waals surface area (Å²) < 4.78 is 15.9. The summed E-state index contributed by atoms with van der Waals surface area (Å²) in [5.41, 5.74) is 3.87. The minimum absolute atomic E-state index is 0.259. The second-order valence-corrected chi connectivity index (χ2v) is 8.57. The van der Waals surface area contributed by atoms with Gasteiger partial charge in [0.05, 0.1) is 11.8 Å². The predicted molar refractivity (Wildman–Crippen MR) is 114 cm³/mol. The Bertz CT molecular complexity index is 959. The average Bonchev–Trinajstić information content (AvgIpc) is 3.38. The second kappa shape index (κ2) is 8.25. The van der Waals surface area contributed by atoms with E-state index in [1.807, 2.05) is 10.6 Å². The van der Waals surface area contributed by atoms with Crippen LogP contribution in [-0.4, -0.2) is 51.6 Å². The standard InChI is InChI=1S/C24H29FN4/c25-22-5-4-6-23-24(22)26-18-29(23)16-20-9-7-19(8-10-20)15-27-14-11-21(17-27)28-12-2-1-3-13-28/h4-10,18,21H,1-3,11-17H2. The largest absolute Gasteiger partial charge is 0.326 e. The molecule has 3 aromatic rings. The summed E-state index contributed by atoms with van der Waals surface area (Å²) in [5.74, 6) is -0.259. The zero-order valence-electron chi connectivity index (χ0n) is 16.9. The number of hydrogen-bond acceptors (Lipinski definition) is 3. The van der Waals surface area contributed by atoms with Gasteiger partial charge in [0, 0.05) is 32.2 Å². The Kier molecular flexibility index (Phi) is 5.34. The number of halogens is 1. The van der Waals surface area contributed by atoms with Crippen molar-refractivity contribution in [2.45, 2.75) is 44.8 Å². The van der Waals surface area contributed by atoms with E-state index in [4.69, 9.17) is 0 Å². The lowest BCUT2D eigenvalue weighted by Gasteiger charge is -2.32. The molecule has 2 aliphatic rings. The molecular formula is C24H29FN4. The van der Waals surface area contributed by atoms with E-state index in [2.05, 4.69) is 39.0 Å². The zero-order valence-corrected chi connectivity index (χ0v) is 16.9. The van der Waals surface area contributed by atoms with E-state index in [1.165, 1.54) is 69.1 Å². The summed E-state index contributed by atoms with van der Waals surface area (Å²) in [6.07, 6.45) is 7.19. The average molecular weight is 393 g/mol. The van der Waals surface area contributed by atoms with E-state index in [0.717, 1.165) is 18.1 Å². The van der Waals surface area contributed by atoms with Crippen LogP contribution in [0.15, 0.2) is 48.8 Å². The van der Waals surface area contributed by atoms with Crippen LogP contribution in [0.4, 0.5) is 4.39 Å². The van der Waals surface area contributed by atoms with Gasteiger partial charge in [-0.1, -0.05) is 36.8 Å². The van der Waals surface area contributed by atoms with Gasteiger partial charge in [0.25, 0.3) is 0 Å². The molecule has 0 spiro atoms. The zero-order chi connectivity index (χ0) is 19.6. The molecule has 1 atom stereocenters. The summed E-state index contributed by atoms with van der Waals surface area (Å²) in [6.45, 7) is 6.73. The molecule has 0 aliphatic carbocycles. The molecule has 1 unspecified atom stereocenters. The molecule has 5 heteroatoms. The summed E-state index contributed by atoms with van der Waals surface area (Å²) in [5, 5.41) is 0. The Hall–Kier alpha value is -2.24. The summed E-state index contributed by atoms with van der Waals surface area (Å²) in [7, 11) is 0. The maximum absolute atomic E-state index is 13.8. The number of fused-ring (bicyclic) bond motifs is 1. The first-order chi connectivity index (χ1) is 14.3. The van der Waals surface area contributed by atoms with Gasteiger partial charge in [-0.05, 0) is 55.6 Å². The van der Waals surface area contributed by atoms with Crippen molar-refractivity contribution in [2.75, 3.05) is 26.2 Å². The molecular weight excluding hydrogens is 363 g/mol. The molecule has 1 aromatic heterocycles. The van der Waals surface area contributed by atoms with Crippen LogP contribution in [0.25, 0.3) is 11.0 Å². The van der Waals surface area contributed by atoms with Crippen LogP contribution in [0.3, 0.4) is 0 Å². The minimum Gasteiger partial charge on any atom is -0.326 e. The number of benzene rings is 2. The van der Waals surface area contributed by atoms with E-state index < -0.39 is 0 Å². The van der Waals surface area contributed by atoms with Crippen molar-refractivity contribution < 1.29 is 4.39 Å². The fourth-order valence-electron chi connectivity index (χ4n) is 4.92. The van der Waals surface area contributed by atoms with Crippen LogP contribution < -0.4 is 0 Å². The van der Waals surface area contributed by atoms with E-state index in [1.54, 1.807) is 12.4 Å². The Morgan fingerprint density at radius 1 is 0.897 bits per heavy atom. The first-order valence-electron chi connectivity index (χ1n) is 10.9. The number of para-hydroxylation sites is 1. The number of likely N-dealkylation sites (tertiary alicyclic amines) is 2. The molecule has 29 heavy (non-hydrogen) atoms. The highest BCUT2D eigenvalue weighted by atomic mass is 19.1. The number of aromatic nitrogens is 2. The molecule has 2 fully saturated rings. The summed E-state index contributed by atoms with van der Waals surface area (Å²) >= 11 is 0. The van der Waals surface area contributed by atoms with Crippen LogP contribution in [0.5, 0.6) is 0 Å². The maximum atomic E-state index is 13.8. The van der Waals surface area contributed by atoms with E-state index in [0.29, 0.717) is 12.1 Å². The number of piperidine rings is 1. The molecule has 5 rings (SSSR count). The highest BCUT2D eigenvalue weighted by Crippen LogP contribution is 2.22. The maximum Gasteiger partial charge on any atom is 0.151 e. The molecule has 2 saturated heterocycles. The van der Waals surface area contributed by atoms with Crippen molar-refractivity contribution in [3.8, 4) is 0 Å². The fourth-order valence-corrected chi connectivity index (χ4v) is 4.92. The van der Waals surface area contributed by atoms with Crippen LogP contribution in [0.2, 0.25) is 0 Å². The van der Waals surface area contributed by atoms with Crippen LogP contribution >= 0.6 is 0 Å².